The number of aliphatic hydroxyl groups excluding tert-OH is 7. The van der Waals surface area contributed by atoms with Crippen LogP contribution in [0.25, 0.3) is 0 Å². The van der Waals surface area contributed by atoms with Crippen LogP contribution >= 0.6 is 0 Å². The van der Waals surface area contributed by atoms with E-state index >= 15 is 0 Å². The minimum atomic E-state index is -2.28. The summed E-state index contributed by atoms with van der Waals surface area (Å²) >= 11 is 0. The lowest BCUT2D eigenvalue weighted by Crippen LogP contribution is -2.64. The number of nitrogens with zero attached hydrogens (tertiary/aromatic N) is 2. The van der Waals surface area contributed by atoms with Crippen LogP contribution in [0.5, 0.6) is 5.75 Å². The third-order valence-corrected chi connectivity index (χ3v) is 15.3. The molecule has 0 spiro atoms. The van der Waals surface area contributed by atoms with Gasteiger partial charge in [-0.3, -0.25) is 33.6 Å². The summed E-state index contributed by atoms with van der Waals surface area (Å²) in [4.78, 5) is 103. The molecular formula is C55H93N9O16. The first-order valence-electron chi connectivity index (χ1n) is 28.6. The number of aromatic hydroxyl groups is 1. The van der Waals surface area contributed by atoms with Gasteiger partial charge in [0.25, 0.3) is 0 Å². The molecule has 454 valence electrons. The van der Waals surface area contributed by atoms with Gasteiger partial charge in [0.2, 0.25) is 41.4 Å². The van der Waals surface area contributed by atoms with Crippen LogP contribution in [-0.2, 0) is 38.3 Å². The van der Waals surface area contributed by atoms with Crippen LogP contribution in [0.4, 0.5) is 0 Å². The van der Waals surface area contributed by atoms with Crippen LogP contribution < -0.4 is 37.6 Å². The molecule has 0 aliphatic carbocycles. The van der Waals surface area contributed by atoms with Gasteiger partial charge >= 0.3 is 0 Å². The Labute approximate surface area is 469 Å². The Bertz CT molecular complexity index is 2140. The fourth-order valence-electron chi connectivity index (χ4n) is 10.5. The summed E-state index contributed by atoms with van der Waals surface area (Å²) in [7, 11) is 0. The van der Waals surface area contributed by atoms with E-state index in [0.717, 1.165) is 55.2 Å². The Morgan fingerprint density at radius 2 is 1.36 bits per heavy atom. The van der Waals surface area contributed by atoms with Crippen LogP contribution in [0.1, 0.15) is 143 Å². The van der Waals surface area contributed by atoms with Crippen molar-refractivity contribution in [3.63, 3.8) is 0 Å². The van der Waals surface area contributed by atoms with Crippen molar-refractivity contribution in [1.29, 1.82) is 0 Å². The van der Waals surface area contributed by atoms with E-state index in [2.05, 4.69) is 52.7 Å². The van der Waals surface area contributed by atoms with Crippen LogP contribution in [0.15, 0.2) is 24.3 Å². The predicted octanol–water partition coefficient (Wildman–Crippen LogP) is -1.85. The number of amides is 7. The van der Waals surface area contributed by atoms with Crippen molar-refractivity contribution < 1.29 is 79.2 Å². The highest BCUT2D eigenvalue weighted by atomic mass is 16.5. The molecule has 3 heterocycles. The van der Waals surface area contributed by atoms with E-state index in [1.165, 1.54) is 30.7 Å². The first kappa shape index (κ1) is 67.4. The second kappa shape index (κ2) is 33.1. The lowest BCUT2D eigenvalue weighted by molar-refractivity contribution is -0.150. The number of nitrogens with one attached hydrogen (secondary N) is 6. The van der Waals surface area contributed by atoms with E-state index in [9.17, 15) is 74.4 Å². The van der Waals surface area contributed by atoms with Crippen LogP contribution in [0.3, 0.4) is 0 Å². The molecule has 4 rings (SSSR count). The van der Waals surface area contributed by atoms with Crippen LogP contribution in [0.2, 0.25) is 0 Å². The minimum absolute atomic E-state index is 0.0191. The van der Waals surface area contributed by atoms with Crippen molar-refractivity contribution in [2.24, 2.45) is 17.6 Å². The third-order valence-electron chi connectivity index (χ3n) is 15.3. The molecule has 1 aromatic carbocycles. The highest BCUT2D eigenvalue weighted by Crippen LogP contribution is 2.27. The average Bonchev–Trinajstić information content (AvgIpc) is 4.12. The van der Waals surface area contributed by atoms with E-state index in [-0.39, 0.29) is 62.9 Å². The van der Waals surface area contributed by atoms with Crippen molar-refractivity contribution >= 4 is 41.4 Å². The highest BCUT2D eigenvalue weighted by Gasteiger charge is 2.49. The van der Waals surface area contributed by atoms with Gasteiger partial charge in [-0.15, -0.1) is 0 Å². The van der Waals surface area contributed by atoms with Gasteiger partial charge in [-0.1, -0.05) is 91.7 Å². The Balaban J connectivity index is 1.76. The van der Waals surface area contributed by atoms with Crippen LogP contribution in [-0.4, -0.2) is 210 Å². The molecule has 0 radical (unpaired) electrons. The molecule has 7 amide bonds. The number of benzene rings is 1. The lowest BCUT2D eigenvalue weighted by Gasteiger charge is -2.35. The molecule has 0 saturated carbocycles. The molecule has 25 heteroatoms. The Kier molecular flexibility index (Phi) is 27.9. The van der Waals surface area contributed by atoms with E-state index in [1.54, 1.807) is 0 Å². The number of nitrogens with two attached hydrogens (primary N) is 1. The zero-order chi connectivity index (χ0) is 59.4. The number of rotatable bonds is 25. The smallest absolute Gasteiger partial charge is 0.248 e. The molecule has 0 unspecified atom stereocenters. The van der Waals surface area contributed by atoms with Crippen molar-refractivity contribution in [3.05, 3.63) is 29.8 Å². The zero-order valence-corrected chi connectivity index (χ0v) is 47.4. The van der Waals surface area contributed by atoms with Crippen molar-refractivity contribution in [1.82, 2.24) is 41.7 Å². The molecule has 1 aromatic rings. The lowest BCUT2D eigenvalue weighted by atomic mass is 9.91. The van der Waals surface area contributed by atoms with Gasteiger partial charge in [-0.2, -0.15) is 0 Å². The van der Waals surface area contributed by atoms with E-state index in [4.69, 9.17) is 10.5 Å². The topological polar surface area (TPSA) is 395 Å². The number of hydrogen-bond acceptors (Lipinski definition) is 18. The van der Waals surface area contributed by atoms with Gasteiger partial charge in [0.1, 0.15) is 60.3 Å². The summed E-state index contributed by atoms with van der Waals surface area (Å²) < 4.78 is 5.99. The predicted molar refractivity (Wildman–Crippen MR) is 292 cm³/mol. The molecule has 3 aliphatic rings. The number of fused-ring (bicyclic) bond motifs is 2. The van der Waals surface area contributed by atoms with Gasteiger partial charge in [0, 0.05) is 44.9 Å². The summed E-state index contributed by atoms with van der Waals surface area (Å²) in [6.07, 6.45) is -7.40. The molecular weight excluding hydrogens is 1040 g/mol. The molecule has 0 aromatic heterocycles. The maximum absolute atomic E-state index is 14.7. The Hall–Kier alpha value is -5.09. The number of carbonyl (C=O) groups is 7. The molecule has 16 atom stereocenters. The summed E-state index contributed by atoms with van der Waals surface area (Å²) in [6, 6.07) is -6.50. The Morgan fingerprint density at radius 3 is 2.00 bits per heavy atom. The fraction of sp³-hybridized carbons (Fsp3) is 0.764. The maximum atomic E-state index is 14.7. The highest BCUT2D eigenvalue weighted by molar-refractivity contribution is 5.98. The number of aliphatic hydroxyl groups is 7. The standard InChI is InChI=1S/C55H93N9O16/c1-7-31(4)26-32(5)14-12-10-8-9-11-13-15-42(71)58-37-28-41(70)53(80-25-23-57-30(2)3)62-52(77)46-40(69)21-24-63(46)55(79)44(39(68)20-22-56)60-51(76)45(48(73)47(72)34-16-18-35(66)19-17-34)61-50(75)38-27-36(67)29-64(38)54(78)43(33(6)65)59-49(37)74/h16-19,30-33,36-41,43-48,53,57,65-70,72-73H,7-15,20-29,56H2,1-6H3,(H,58,71)(H,59,74)(H,60,76)(H,61,75)(H,62,77)/t31-,32+,33+,36+,37-,38-,39+,40-,41+,43-,44-,45-,46-,47-,48-,53+/m0/s1. The molecule has 25 nitrogen and oxygen atoms in total. The second-order valence-corrected chi connectivity index (χ2v) is 22.4. The number of phenols is 1. The fourth-order valence-corrected chi connectivity index (χ4v) is 10.5. The largest absolute Gasteiger partial charge is 0.508 e. The number of unbranched alkanes of at least 4 members (excludes halogenated alkanes) is 5. The number of carbonyl (C=O) groups excluding carboxylic acids is 7. The van der Waals surface area contributed by atoms with E-state index in [0.29, 0.717) is 24.7 Å². The molecule has 3 saturated heterocycles. The third kappa shape index (κ3) is 20.1. The number of hydrogen-bond donors (Lipinski definition) is 15. The normalized spacial score (nSPS) is 28.1. The van der Waals surface area contributed by atoms with Gasteiger partial charge in [-0.05, 0) is 68.7 Å². The van der Waals surface area contributed by atoms with Gasteiger partial charge in [0.05, 0.1) is 31.0 Å². The minimum Gasteiger partial charge on any atom is -0.508 e. The van der Waals surface area contributed by atoms with E-state index in [1.807, 2.05) is 13.8 Å². The van der Waals surface area contributed by atoms with Crippen LogP contribution in [0, 0.1) is 11.8 Å². The summed E-state index contributed by atoms with van der Waals surface area (Å²) in [6.45, 7) is 10.6. The summed E-state index contributed by atoms with van der Waals surface area (Å²) in [5, 5.41) is 105. The quantitative estimate of drug-likeness (QED) is 0.0478. The van der Waals surface area contributed by atoms with Gasteiger partial charge in [0.15, 0.2) is 6.23 Å². The SMILES string of the molecule is CC[C@H](C)C[C@H](C)CCCCCCCCC(=O)N[C@H]1C[C@@H](O)[C@@H](OCCNC(C)C)NC(=O)[C@@H]2[C@@H](O)CCN2C(=O)[C@H]([C@H](O)CCN)NC(=O)[C@H]([C@H](O)[C@@H](O)c2ccc(O)cc2)NC(=O)[C@@H]2C[C@@H](O)CN2C(=O)[C@H]([C@@H](C)O)NC1=O. The number of phenolic OH excluding ortho intramolecular Hbond substituents is 1. The maximum Gasteiger partial charge on any atom is 0.248 e. The second-order valence-electron chi connectivity index (χ2n) is 22.4. The Morgan fingerprint density at radius 1 is 0.738 bits per heavy atom. The molecule has 3 fully saturated rings. The molecule has 0 bridgehead atoms. The van der Waals surface area contributed by atoms with Gasteiger partial charge in [-0.25, -0.2) is 0 Å². The van der Waals surface area contributed by atoms with Crippen molar-refractivity contribution in [2.45, 2.75) is 223 Å². The van der Waals surface area contributed by atoms with Crippen molar-refractivity contribution in [2.75, 3.05) is 32.8 Å². The molecule has 3 aliphatic heterocycles. The first-order chi connectivity index (χ1) is 37.9. The summed E-state index contributed by atoms with van der Waals surface area (Å²) in [5.74, 6) is -6.51. The molecule has 16 N–H and O–H groups in total. The number of ether oxygens (including phenoxy) is 1. The zero-order valence-electron chi connectivity index (χ0n) is 47.4. The van der Waals surface area contributed by atoms with Gasteiger partial charge < -0.3 is 93.0 Å². The van der Waals surface area contributed by atoms with Crippen molar-refractivity contribution in [3.8, 4) is 5.75 Å². The average molecular weight is 1140 g/mol. The van der Waals surface area contributed by atoms with E-state index < -0.39 is 146 Å². The molecule has 80 heavy (non-hydrogen) atoms. The first-order valence-corrected chi connectivity index (χ1v) is 28.6. The summed E-state index contributed by atoms with van der Waals surface area (Å²) in [5.41, 5.74) is 5.72. The monoisotopic (exact) mass is 1140 g/mol.